The van der Waals surface area contributed by atoms with E-state index in [1.54, 1.807) is 13.0 Å². The number of aryl methyl sites for hydroxylation is 1. The molecule has 0 unspecified atom stereocenters. The highest BCUT2D eigenvalue weighted by atomic mass is 19.1. The normalized spacial score (nSPS) is 16.5. The number of rotatable bonds is 7. The van der Waals surface area contributed by atoms with Gasteiger partial charge in [0, 0.05) is 6.54 Å². The Labute approximate surface area is 138 Å². The Morgan fingerprint density at radius 1 is 1.35 bits per heavy atom. The summed E-state index contributed by atoms with van der Waals surface area (Å²) in [7, 11) is 0. The second kappa shape index (κ2) is 8.99. The molecule has 0 bridgehead atoms. The first-order valence-corrected chi connectivity index (χ1v) is 8.53. The number of hydrogen-bond acceptors (Lipinski definition) is 3. The van der Waals surface area contributed by atoms with Crippen molar-refractivity contribution in [3.8, 4) is 0 Å². The quantitative estimate of drug-likeness (QED) is 0.808. The van der Waals surface area contributed by atoms with Crippen molar-refractivity contribution in [2.24, 2.45) is 5.92 Å². The minimum absolute atomic E-state index is 0.0103. The van der Waals surface area contributed by atoms with Crippen LogP contribution in [0.2, 0.25) is 0 Å². The van der Waals surface area contributed by atoms with Gasteiger partial charge in [-0.1, -0.05) is 19.1 Å². The highest BCUT2D eigenvalue weighted by Crippen LogP contribution is 2.16. The molecule has 2 N–H and O–H groups in total. The summed E-state index contributed by atoms with van der Waals surface area (Å²) in [6, 6.07) is 5.08. The summed E-state index contributed by atoms with van der Waals surface area (Å²) in [5, 5.41) is 6.27. The molecule has 0 radical (unpaired) electrons. The second-order valence-electron chi connectivity index (χ2n) is 6.39. The van der Waals surface area contributed by atoms with Gasteiger partial charge in [-0.25, -0.2) is 4.39 Å². The van der Waals surface area contributed by atoms with Crippen LogP contribution in [0.4, 0.5) is 4.39 Å². The Kier molecular flexibility index (Phi) is 6.99. The lowest BCUT2D eigenvalue weighted by Gasteiger charge is -2.31. The van der Waals surface area contributed by atoms with Crippen molar-refractivity contribution in [3.05, 3.63) is 35.1 Å². The van der Waals surface area contributed by atoms with E-state index < -0.39 is 0 Å². The van der Waals surface area contributed by atoms with E-state index in [1.807, 2.05) is 6.07 Å². The number of carbonyl (C=O) groups is 1. The lowest BCUT2D eigenvalue weighted by Crippen LogP contribution is -2.42. The molecule has 1 heterocycles. The van der Waals surface area contributed by atoms with E-state index in [0.717, 1.165) is 50.5 Å². The van der Waals surface area contributed by atoms with Gasteiger partial charge in [0.15, 0.2) is 0 Å². The molecule has 1 fully saturated rings. The third-order valence-electron chi connectivity index (χ3n) is 4.48. The smallest absolute Gasteiger partial charge is 0.234 e. The number of benzene rings is 1. The van der Waals surface area contributed by atoms with Gasteiger partial charge in [-0.15, -0.1) is 0 Å². The van der Waals surface area contributed by atoms with Gasteiger partial charge in [-0.3, -0.25) is 9.69 Å². The average molecular weight is 321 g/mol. The molecule has 1 amide bonds. The van der Waals surface area contributed by atoms with Gasteiger partial charge in [0.2, 0.25) is 5.91 Å². The van der Waals surface area contributed by atoms with Gasteiger partial charge in [-0.05, 0) is 69.1 Å². The molecule has 0 atom stereocenters. The summed E-state index contributed by atoms with van der Waals surface area (Å²) < 4.78 is 13.5. The summed E-state index contributed by atoms with van der Waals surface area (Å²) in [6.07, 6.45) is 2.28. The van der Waals surface area contributed by atoms with Gasteiger partial charge in [0.25, 0.3) is 0 Å². The van der Waals surface area contributed by atoms with E-state index >= 15 is 0 Å². The molecule has 1 aliphatic heterocycles. The van der Waals surface area contributed by atoms with E-state index in [1.165, 1.54) is 6.07 Å². The molecular weight excluding hydrogens is 293 g/mol. The first-order valence-electron chi connectivity index (χ1n) is 8.53. The maximum Gasteiger partial charge on any atom is 0.234 e. The Bertz CT molecular complexity index is 513. The molecule has 2 rings (SSSR count). The molecule has 0 saturated carbocycles. The fourth-order valence-electron chi connectivity index (χ4n) is 2.90. The summed E-state index contributed by atoms with van der Waals surface area (Å²) in [5.74, 6) is 0.514. The fourth-order valence-corrected chi connectivity index (χ4v) is 2.90. The first kappa shape index (κ1) is 17.9. The highest BCUT2D eigenvalue weighted by Gasteiger charge is 2.20. The van der Waals surface area contributed by atoms with E-state index in [4.69, 9.17) is 0 Å². The number of nitrogens with one attached hydrogen (secondary N) is 2. The lowest BCUT2D eigenvalue weighted by molar-refractivity contribution is -0.122. The summed E-state index contributed by atoms with van der Waals surface area (Å²) in [6.45, 7) is 8.72. The predicted octanol–water partition coefficient (Wildman–Crippen LogP) is 2.07. The Balaban J connectivity index is 1.68. The van der Waals surface area contributed by atoms with Gasteiger partial charge in [0.05, 0.1) is 6.54 Å². The van der Waals surface area contributed by atoms with Crippen molar-refractivity contribution in [3.63, 3.8) is 0 Å². The van der Waals surface area contributed by atoms with E-state index in [0.29, 0.717) is 18.7 Å². The Morgan fingerprint density at radius 2 is 2.09 bits per heavy atom. The summed E-state index contributed by atoms with van der Waals surface area (Å²) in [5.41, 5.74) is 1.42. The van der Waals surface area contributed by atoms with Crippen LogP contribution in [0.5, 0.6) is 0 Å². The molecule has 0 spiro atoms. The fraction of sp³-hybridized carbons (Fsp3) is 0.611. The first-order chi connectivity index (χ1) is 11.1. The number of piperidine rings is 1. The van der Waals surface area contributed by atoms with Gasteiger partial charge < -0.3 is 10.6 Å². The van der Waals surface area contributed by atoms with Gasteiger partial charge in [-0.2, -0.15) is 0 Å². The van der Waals surface area contributed by atoms with Crippen molar-refractivity contribution >= 4 is 5.91 Å². The number of hydrogen-bond donors (Lipinski definition) is 2. The molecule has 1 saturated heterocycles. The minimum Gasteiger partial charge on any atom is -0.351 e. The van der Waals surface area contributed by atoms with Crippen molar-refractivity contribution in [2.45, 2.75) is 33.2 Å². The predicted molar refractivity (Wildman–Crippen MR) is 90.7 cm³/mol. The largest absolute Gasteiger partial charge is 0.351 e. The number of amides is 1. The molecule has 1 aromatic carbocycles. The number of nitrogens with zero attached hydrogens (tertiary/aromatic N) is 1. The van der Waals surface area contributed by atoms with Crippen molar-refractivity contribution < 1.29 is 9.18 Å². The maximum atomic E-state index is 13.5. The molecule has 4 nitrogen and oxygen atoms in total. The van der Waals surface area contributed by atoms with Crippen molar-refractivity contribution in [1.82, 2.24) is 15.5 Å². The van der Waals surface area contributed by atoms with Crippen LogP contribution < -0.4 is 10.6 Å². The molecule has 0 aromatic heterocycles. The Hall–Kier alpha value is -1.46. The minimum atomic E-state index is -0.223. The van der Waals surface area contributed by atoms with Crippen molar-refractivity contribution in [1.29, 1.82) is 0 Å². The third-order valence-corrected chi connectivity index (χ3v) is 4.48. The topological polar surface area (TPSA) is 44.4 Å². The van der Waals surface area contributed by atoms with Crippen LogP contribution in [-0.4, -0.2) is 43.5 Å². The van der Waals surface area contributed by atoms with Crippen LogP contribution in [0.15, 0.2) is 18.2 Å². The lowest BCUT2D eigenvalue weighted by atomic mass is 9.97. The zero-order valence-electron chi connectivity index (χ0n) is 14.2. The third kappa shape index (κ3) is 5.92. The average Bonchev–Trinajstić information content (AvgIpc) is 2.55. The van der Waals surface area contributed by atoms with Crippen LogP contribution in [0.1, 0.15) is 30.9 Å². The molecule has 1 aliphatic rings. The molecule has 23 heavy (non-hydrogen) atoms. The molecular formula is C18H28FN3O. The van der Waals surface area contributed by atoms with E-state index in [-0.39, 0.29) is 11.7 Å². The van der Waals surface area contributed by atoms with E-state index in [2.05, 4.69) is 22.5 Å². The monoisotopic (exact) mass is 321 g/mol. The molecule has 128 valence electrons. The van der Waals surface area contributed by atoms with Crippen LogP contribution in [0, 0.1) is 18.7 Å². The molecule has 1 aromatic rings. The number of likely N-dealkylation sites (tertiary alicyclic amines) is 1. The van der Waals surface area contributed by atoms with Crippen molar-refractivity contribution in [2.75, 3.05) is 32.7 Å². The van der Waals surface area contributed by atoms with E-state index in [9.17, 15) is 9.18 Å². The van der Waals surface area contributed by atoms with Crippen LogP contribution in [-0.2, 0) is 11.3 Å². The Morgan fingerprint density at radius 3 is 2.74 bits per heavy atom. The standard InChI is InChI=1S/C18H28FN3O/c1-3-20-11-15-6-8-22(9-7-15)13-18(23)21-12-16-5-4-14(2)17(19)10-16/h4-5,10,15,20H,3,6-9,11-13H2,1-2H3,(H,21,23). The molecule has 0 aliphatic carbocycles. The SMILES string of the molecule is CCNCC1CCN(CC(=O)NCc2ccc(C)c(F)c2)CC1. The van der Waals surface area contributed by atoms with Crippen LogP contribution in [0.3, 0.4) is 0 Å². The number of halogens is 1. The zero-order chi connectivity index (χ0) is 16.7. The number of carbonyl (C=O) groups excluding carboxylic acids is 1. The highest BCUT2D eigenvalue weighted by molar-refractivity contribution is 5.78. The van der Waals surface area contributed by atoms with Crippen LogP contribution in [0.25, 0.3) is 0 Å². The summed E-state index contributed by atoms with van der Waals surface area (Å²) in [4.78, 5) is 14.2. The van der Waals surface area contributed by atoms with Gasteiger partial charge in [0.1, 0.15) is 5.82 Å². The zero-order valence-corrected chi connectivity index (χ0v) is 14.2. The second-order valence-corrected chi connectivity index (χ2v) is 6.39. The van der Waals surface area contributed by atoms with Gasteiger partial charge >= 0.3 is 0 Å². The molecule has 5 heteroatoms. The maximum absolute atomic E-state index is 13.5. The summed E-state index contributed by atoms with van der Waals surface area (Å²) >= 11 is 0. The van der Waals surface area contributed by atoms with Crippen LogP contribution >= 0.6 is 0 Å².